The van der Waals surface area contributed by atoms with Crippen LogP contribution in [-0.4, -0.2) is 30.0 Å². The Morgan fingerprint density at radius 3 is 2.82 bits per heavy atom. The average Bonchev–Trinajstić information content (AvgIpc) is 3.37. The van der Waals surface area contributed by atoms with E-state index in [0.717, 1.165) is 34.2 Å². The molecule has 28 heavy (non-hydrogen) atoms. The van der Waals surface area contributed by atoms with Crippen LogP contribution < -0.4 is 0 Å². The largest absolute Gasteiger partial charge is 0.282 e. The van der Waals surface area contributed by atoms with Gasteiger partial charge in [-0.25, -0.2) is 0 Å². The highest BCUT2D eigenvalue weighted by Gasteiger charge is 2.17. The molecule has 0 saturated carbocycles. The SMILES string of the molecule is CC(C)Cc1cc(-c2nnc3sc(Cc4cccc5ccccc45)nn23)n[nH]1. The molecule has 140 valence electrons. The fraction of sp³-hybridized carbons (Fsp3) is 0.238. The van der Waals surface area contributed by atoms with Gasteiger partial charge < -0.3 is 0 Å². The van der Waals surface area contributed by atoms with Crippen molar-refractivity contribution in [3.63, 3.8) is 0 Å². The van der Waals surface area contributed by atoms with Gasteiger partial charge in [0.25, 0.3) is 0 Å². The van der Waals surface area contributed by atoms with Gasteiger partial charge in [-0.15, -0.1) is 10.2 Å². The minimum Gasteiger partial charge on any atom is -0.282 e. The molecule has 2 aromatic carbocycles. The van der Waals surface area contributed by atoms with Crippen molar-refractivity contribution in [3.8, 4) is 11.5 Å². The summed E-state index contributed by atoms with van der Waals surface area (Å²) in [6.45, 7) is 4.38. The molecule has 0 bridgehead atoms. The van der Waals surface area contributed by atoms with Crippen molar-refractivity contribution >= 4 is 27.1 Å². The first kappa shape index (κ1) is 17.1. The van der Waals surface area contributed by atoms with Gasteiger partial charge >= 0.3 is 0 Å². The molecule has 0 aliphatic rings. The van der Waals surface area contributed by atoms with E-state index < -0.39 is 0 Å². The molecule has 5 aromatic rings. The molecule has 0 aliphatic heterocycles. The summed E-state index contributed by atoms with van der Waals surface area (Å²) in [5.74, 6) is 1.25. The highest BCUT2D eigenvalue weighted by atomic mass is 32.1. The van der Waals surface area contributed by atoms with E-state index in [1.807, 2.05) is 6.07 Å². The second kappa shape index (κ2) is 6.83. The van der Waals surface area contributed by atoms with Crippen LogP contribution in [0.1, 0.15) is 30.1 Å². The molecule has 1 N–H and O–H groups in total. The first-order valence-corrected chi connectivity index (χ1v) is 10.2. The Balaban J connectivity index is 1.48. The van der Waals surface area contributed by atoms with Crippen molar-refractivity contribution in [3.05, 3.63) is 64.8 Å². The predicted octanol–water partition coefficient (Wildman–Crippen LogP) is 4.52. The maximum absolute atomic E-state index is 4.78. The van der Waals surface area contributed by atoms with Gasteiger partial charge in [0.05, 0.1) is 0 Å². The van der Waals surface area contributed by atoms with Gasteiger partial charge in [-0.1, -0.05) is 67.6 Å². The number of nitrogens with one attached hydrogen (secondary N) is 1. The summed E-state index contributed by atoms with van der Waals surface area (Å²) in [5.41, 5.74) is 3.15. The zero-order valence-corrected chi connectivity index (χ0v) is 16.6. The number of rotatable bonds is 5. The van der Waals surface area contributed by atoms with Gasteiger partial charge in [0, 0.05) is 12.1 Å². The van der Waals surface area contributed by atoms with Crippen LogP contribution in [0.2, 0.25) is 0 Å². The van der Waals surface area contributed by atoms with Crippen LogP contribution >= 0.6 is 11.3 Å². The number of aromatic amines is 1. The Morgan fingerprint density at radius 2 is 1.93 bits per heavy atom. The lowest BCUT2D eigenvalue weighted by molar-refractivity contribution is 0.633. The second-order valence-corrected chi connectivity index (χ2v) is 8.45. The fourth-order valence-electron chi connectivity index (χ4n) is 3.52. The third-order valence-corrected chi connectivity index (χ3v) is 5.64. The van der Waals surface area contributed by atoms with Crippen molar-refractivity contribution in [2.24, 2.45) is 5.92 Å². The Labute approximate surface area is 166 Å². The zero-order valence-electron chi connectivity index (χ0n) is 15.8. The minimum atomic E-state index is 0.568. The lowest BCUT2D eigenvalue weighted by atomic mass is 10.0. The number of hydrogen-bond donors (Lipinski definition) is 1. The van der Waals surface area contributed by atoms with Crippen molar-refractivity contribution in [1.82, 2.24) is 30.0 Å². The number of benzene rings is 2. The molecule has 6 nitrogen and oxygen atoms in total. The van der Waals surface area contributed by atoms with Crippen molar-refractivity contribution in [2.45, 2.75) is 26.7 Å². The molecule has 3 aromatic heterocycles. The number of hydrogen-bond acceptors (Lipinski definition) is 5. The molecule has 0 spiro atoms. The molecule has 5 rings (SSSR count). The monoisotopic (exact) mass is 388 g/mol. The van der Waals surface area contributed by atoms with E-state index in [1.54, 1.807) is 15.9 Å². The standard InChI is InChI=1S/C21H20N6S/c1-13(2)10-16-12-18(23-22-16)20-24-25-21-27(20)26-19(28-21)11-15-8-5-7-14-6-3-4-9-17(14)15/h3-9,12-13H,10-11H2,1-2H3,(H,22,23). The topological polar surface area (TPSA) is 71.8 Å². The van der Waals surface area contributed by atoms with Crippen LogP contribution in [-0.2, 0) is 12.8 Å². The van der Waals surface area contributed by atoms with E-state index in [1.165, 1.54) is 16.3 Å². The lowest BCUT2D eigenvalue weighted by Gasteiger charge is -2.04. The highest BCUT2D eigenvalue weighted by molar-refractivity contribution is 7.16. The van der Waals surface area contributed by atoms with Gasteiger partial charge in [-0.2, -0.15) is 14.7 Å². The van der Waals surface area contributed by atoms with Crippen LogP contribution in [0.15, 0.2) is 48.5 Å². The first-order chi connectivity index (χ1) is 13.7. The summed E-state index contributed by atoms with van der Waals surface area (Å²) in [6, 6.07) is 16.9. The third kappa shape index (κ3) is 3.07. The maximum atomic E-state index is 4.78. The van der Waals surface area contributed by atoms with Gasteiger partial charge in [0.2, 0.25) is 10.8 Å². The quantitative estimate of drug-likeness (QED) is 0.480. The highest BCUT2D eigenvalue weighted by Crippen LogP contribution is 2.25. The minimum absolute atomic E-state index is 0.568. The van der Waals surface area contributed by atoms with Crippen LogP contribution in [0.5, 0.6) is 0 Å². The molecule has 0 amide bonds. The van der Waals surface area contributed by atoms with E-state index in [9.17, 15) is 0 Å². The van der Waals surface area contributed by atoms with Crippen LogP contribution in [0.25, 0.3) is 27.3 Å². The lowest BCUT2D eigenvalue weighted by Crippen LogP contribution is -1.94. The Bertz CT molecular complexity index is 1260. The van der Waals surface area contributed by atoms with Gasteiger partial charge in [0.15, 0.2) is 0 Å². The summed E-state index contributed by atoms with van der Waals surface area (Å²) >= 11 is 1.57. The Kier molecular flexibility index (Phi) is 4.16. The summed E-state index contributed by atoms with van der Waals surface area (Å²) in [6.07, 6.45) is 1.73. The van der Waals surface area contributed by atoms with Gasteiger partial charge in [-0.05, 0) is 34.7 Å². The van der Waals surface area contributed by atoms with E-state index in [4.69, 9.17) is 5.10 Å². The number of fused-ring (bicyclic) bond motifs is 2. The van der Waals surface area contributed by atoms with Gasteiger partial charge in [-0.3, -0.25) is 5.10 Å². The first-order valence-electron chi connectivity index (χ1n) is 9.40. The molecular weight excluding hydrogens is 368 g/mol. The number of nitrogens with zero attached hydrogens (tertiary/aromatic N) is 5. The predicted molar refractivity (Wildman–Crippen MR) is 112 cm³/mol. The van der Waals surface area contributed by atoms with Gasteiger partial charge in [0.1, 0.15) is 10.7 Å². The molecule has 7 heteroatoms. The van der Waals surface area contributed by atoms with E-state index >= 15 is 0 Å². The molecule has 0 saturated heterocycles. The molecular formula is C21H20N6S. The van der Waals surface area contributed by atoms with E-state index in [0.29, 0.717) is 11.7 Å². The number of aromatic nitrogens is 6. The van der Waals surface area contributed by atoms with E-state index in [-0.39, 0.29) is 0 Å². The molecule has 3 heterocycles. The van der Waals surface area contributed by atoms with E-state index in [2.05, 4.69) is 76.7 Å². The normalized spacial score (nSPS) is 11.8. The summed E-state index contributed by atoms with van der Waals surface area (Å²) in [5, 5.41) is 24.4. The van der Waals surface area contributed by atoms with Crippen molar-refractivity contribution < 1.29 is 0 Å². The molecule has 0 fully saturated rings. The van der Waals surface area contributed by atoms with Crippen LogP contribution in [0, 0.1) is 5.92 Å². The Morgan fingerprint density at radius 1 is 1.07 bits per heavy atom. The average molecular weight is 389 g/mol. The smallest absolute Gasteiger partial charge is 0.235 e. The summed E-state index contributed by atoms with van der Waals surface area (Å²) in [7, 11) is 0. The fourth-order valence-corrected chi connectivity index (χ4v) is 4.37. The molecule has 0 radical (unpaired) electrons. The summed E-state index contributed by atoms with van der Waals surface area (Å²) < 4.78 is 1.81. The number of H-pyrrole nitrogens is 1. The zero-order chi connectivity index (χ0) is 19.1. The molecule has 0 unspecified atom stereocenters. The summed E-state index contributed by atoms with van der Waals surface area (Å²) in [4.78, 5) is 0.790. The van der Waals surface area contributed by atoms with Crippen LogP contribution in [0.3, 0.4) is 0 Å². The third-order valence-electron chi connectivity index (χ3n) is 4.74. The van der Waals surface area contributed by atoms with Crippen molar-refractivity contribution in [1.29, 1.82) is 0 Å². The van der Waals surface area contributed by atoms with Crippen LogP contribution in [0.4, 0.5) is 0 Å². The Hall–Kier alpha value is -3.06. The molecule has 0 atom stereocenters. The van der Waals surface area contributed by atoms with Crippen molar-refractivity contribution in [2.75, 3.05) is 0 Å². The maximum Gasteiger partial charge on any atom is 0.235 e. The molecule has 0 aliphatic carbocycles. The second-order valence-electron chi connectivity index (χ2n) is 7.41.